The van der Waals surface area contributed by atoms with Gasteiger partial charge >= 0.3 is 5.97 Å². The molecule has 0 aromatic heterocycles. The zero-order valence-electron chi connectivity index (χ0n) is 12.1. The second kappa shape index (κ2) is 7.04. The van der Waals surface area contributed by atoms with Crippen molar-refractivity contribution in [2.75, 3.05) is 33.3 Å². The number of carbonyl (C=O) groups is 2. The summed E-state index contributed by atoms with van der Waals surface area (Å²) in [5.41, 5.74) is 0. The van der Waals surface area contributed by atoms with Gasteiger partial charge in [-0.1, -0.05) is 0 Å². The average molecular weight is 284 g/mol. The highest BCUT2D eigenvalue weighted by molar-refractivity contribution is 5.77. The molecule has 0 spiro atoms. The van der Waals surface area contributed by atoms with Crippen LogP contribution in [0.25, 0.3) is 0 Å². The summed E-state index contributed by atoms with van der Waals surface area (Å²) < 4.78 is 4.75. The summed E-state index contributed by atoms with van der Waals surface area (Å²) in [6, 6.07) is -0.413. The van der Waals surface area contributed by atoms with Crippen molar-refractivity contribution in [3.05, 3.63) is 0 Å². The summed E-state index contributed by atoms with van der Waals surface area (Å²) in [6.07, 6.45) is 3.65. The van der Waals surface area contributed by atoms with Crippen LogP contribution in [0.1, 0.15) is 32.1 Å². The Balaban J connectivity index is 1.82. The number of esters is 1. The SMILES string of the molecule is COC(=O)[C@@H]1C[C@@H](O)CN1CCC(=O)N1CCCCC1. The molecule has 0 radical (unpaired) electrons. The molecule has 0 bridgehead atoms. The van der Waals surface area contributed by atoms with Crippen molar-refractivity contribution >= 4 is 11.9 Å². The van der Waals surface area contributed by atoms with E-state index in [0.717, 1.165) is 25.9 Å². The van der Waals surface area contributed by atoms with Crippen molar-refractivity contribution in [1.82, 2.24) is 9.80 Å². The fourth-order valence-electron chi connectivity index (χ4n) is 3.05. The van der Waals surface area contributed by atoms with Crippen LogP contribution in [0.15, 0.2) is 0 Å². The van der Waals surface area contributed by atoms with E-state index in [1.54, 1.807) is 0 Å². The Labute approximate surface area is 119 Å². The van der Waals surface area contributed by atoms with Gasteiger partial charge < -0.3 is 14.7 Å². The summed E-state index contributed by atoms with van der Waals surface area (Å²) in [5.74, 6) is -0.179. The van der Waals surface area contributed by atoms with E-state index >= 15 is 0 Å². The molecule has 2 aliphatic rings. The van der Waals surface area contributed by atoms with Gasteiger partial charge in [-0.2, -0.15) is 0 Å². The maximum absolute atomic E-state index is 12.1. The largest absolute Gasteiger partial charge is 0.468 e. The van der Waals surface area contributed by atoms with Gasteiger partial charge in [0.25, 0.3) is 0 Å². The van der Waals surface area contributed by atoms with Crippen molar-refractivity contribution in [3.63, 3.8) is 0 Å². The number of aliphatic hydroxyl groups excluding tert-OH is 1. The standard InChI is InChI=1S/C14H24N2O4/c1-20-14(19)12-9-11(17)10-16(12)8-5-13(18)15-6-3-2-4-7-15/h11-12,17H,2-10H2,1H3/t11-,12+/m1/s1. The maximum Gasteiger partial charge on any atom is 0.323 e. The van der Waals surface area contributed by atoms with E-state index in [0.29, 0.717) is 25.9 Å². The van der Waals surface area contributed by atoms with Gasteiger partial charge in [-0.05, 0) is 19.3 Å². The number of carbonyl (C=O) groups excluding carboxylic acids is 2. The molecule has 2 heterocycles. The number of nitrogens with zero attached hydrogens (tertiary/aromatic N) is 2. The van der Waals surface area contributed by atoms with E-state index in [-0.39, 0.29) is 11.9 Å². The fraction of sp³-hybridized carbons (Fsp3) is 0.857. The van der Waals surface area contributed by atoms with Crippen LogP contribution in [0.2, 0.25) is 0 Å². The Kier molecular flexibility index (Phi) is 5.37. The highest BCUT2D eigenvalue weighted by Crippen LogP contribution is 2.19. The minimum atomic E-state index is -0.510. The van der Waals surface area contributed by atoms with Crippen LogP contribution in [-0.2, 0) is 14.3 Å². The van der Waals surface area contributed by atoms with Crippen LogP contribution in [-0.4, -0.2) is 72.2 Å². The Morgan fingerprint density at radius 1 is 1.25 bits per heavy atom. The molecule has 2 atom stereocenters. The van der Waals surface area contributed by atoms with Gasteiger partial charge in [0.2, 0.25) is 5.91 Å². The molecular formula is C14H24N2O4. The third kappa shape index (κ3) is 3.70. The third-order valence-electron chi connectivity index (χ3n) is 4.18. The molecule has 0 aromatic carbocycles. The number of amides is 1. The summed E-state index contributed by atoms with van der Waals surface area (Å²) in [6.45, 7) is 2.64. The summed E-state index contributed by atoms with van der Waals surface area (Å²) in [4.78, 5) is 27.5. The normalized spacial score (nSPS) is 27.6. The Morgan fingerprint density at radius 2 is 1.95 bits per heavy atom. The van der Waals surface area contributed by atoms with Gasteiger partial charge in [0.1, 0.15) is 6.04 Å². The molecule has 2 rings (SSSR count). The van der Waals surface area contributed by atoms with Crippen LogP contribution in [0.5, 0.6) is 0 Å². The van der Waals surface area contributed by atoms with E-state index < -0.39 is 12.1 Å². The molecule has 0 aliphatic carbocycles. The molecule has 0 saturated carbocycles. The summed E-state index contributed by atoms with van der Waals surface area (Å²) in [5, 5.41) is 9.68. The van der Waals surface area contributed by atoms with Gasteiger partial charge in [0.15, 0.2) is 0 Å². The predicted octanol–water partition coefficient (Wildman–Crippen LogP) is -0.00280. The number of ether oxygens (including phenoxy) is 1. The number of β-amino-alcohol motifs (C(OH)–C–C–N with tert-alkyl or cyclic N) is 1. The van der Waals surface area contributed by atoms with Gasteiger partial charge in [0.05, 0.1) is 13.2 Å². The molecule has 2 saturated heterocycles. The van der Waals surface area contributed by atoms with Crippen molar-refractivity contribution in [1.29, 1.82) is 0 Å². The highest BCUT2D eigenvalue weighted by atomic mass is 16.5. The summed E-state index contributed by atoms with van der Waals surface area (Å²) >= 11 is 0. The third-order valence-corrected chi connectivity index (χ3v) is 4.18. The van der Waals surface area contributed by atoms with Crippen molar-refractivity contribution < 1.29 is 19.4 Å². The molecule has 1 N–H and O–H groups in total. The molecular weight excluding hydrogens is 260 g/mol. The molecule has 0 unspecified atom stereocenters. The number of hydrogen-bond acceptors (Lipinski definition) is 5. The van der Waals surface area contributed by atoms with Gasteiger partial charge in [0, 0.05) is 39.0 Å². The molecule has 2 fully saturated rings. The zero-order valence-corrected chi connectivity index (χ0v) is 12.1. The monoisotopic (exact) mass is 284 g/mol. The number of hydrogen-bond donors (Lipinski definition) is 1. The van der Waals surface area contributed by atoms with Crippen LogP contribution in [0.3, 0.4) is 0 Å². The number of rotatable bonds is 4. The van der Waals surface area contributed by atoms with E-state index in [1.807, 2.05) is 9.80 Å². The Hall–Kier alpha value is -1.14. The lowest BCUT2D eigenvalue weighted by molar-refractivity contribution is -0.146. The van der Waals surface area contributed by atoms with Crippen molar-refractivity contribution in [3.8, 4) is 0 Å². The molecule has 6 heteroatoms. The Morgan fingerprint density at radius 3 is 2.60 bits per heavy atom. The average Bonchev–Trinajstić information content (AvgIpc) is 2.86. The lowest BCUT2D eigenvalue weighted by Gasteiger charge is -2.28. The lowest BCUT2D eigenvalue weighted by atomic mass is 10.1. The molecule has 1 amide bonds. The quantitative estimate of drug-likeness (QED) is 0.736. The second-order valence-corrected chi connectivity index (χ2v) is 5.61. The number of methoxy groups -OCH3 is 1. The smallest absolute Gasteiger partial charge is 0.323 e. The van der Waals surface area contributed by atoms with Crippen molar-refractivity contribution in [2.45, 2.75) is 44.2 Å². The van der Waals surface area contributed by atoms with Gasteiger partial charge in [-0.3, -0.25) is 14.5 Å². The Bertz CT molecular complexity index is 355. The van der Waals surface area contributed by atoms with Gasteiger partial charge in [-0.25, -0.2) is 0 Å². The number of aliphatic hydroxyl groups is 1. The molecule has 0 aromatic rings. The molecule has 114 valence electrons. The van der Waals surface area contributed by atoms with Gasteiger partial charge in [-0.15, -0.1) is 0 Å². The maximum atomic E-state index is 12.1. The van der Waals surface area contributed by atoms with E-state index in [9.17, 15) is 14.7 Å². The van der Waals surface area contributed by atoms with Crippen LogP contribution < -0.4 is 0 Å². The van der Waals surface area contributed by atoms with E-state index in [1.165, 1.54) is 13.5 Å². The van der Waals surface area contributed by atoms with Crippen LogP contribution >= 0.6 is 0 Å². The first-order valence-corrected chi connectivity index (χ1v) is 7.39. The predicted molar refractivity (Wildman–Crippen MR) is 73.0 cm³/mol. The van der Waals surface area contributed by atoms with Crippen LogP contribution in [0, 0.1) is 0 Å². The molecule has 20 heavy (non-hydrogen) atoms. The first-order valence-electron chi connectivity index (χ1n) is 7.39. The minimum absolute atomic E-state index is 0.148. The first kappa shape index (κ1) is 15.3. The second-order valence-electron chi connectivity index (χ2n) is 5.61. The zero-order chi connectivity index (χ0) is 14.5. The molecule has 2 aliphatic heterocycles. The minimum Gasteiger partial charge on any atom is -0.468 e. The van der Waals surface area contributed by atoms with Crippen LogP contribution in [0.4, 0.5) is 0 Å². The number of piperidine rings is 1. The lowest BCUT2D eigenvalue weighted by Crippen LogP contribution is -2.41. The summed E-state index contributed by atoms with van der Waals surface area (Å²) in [7, 11) is 1.35. The first-order chi connectivity index (χ1) is 9.61. The number of likely N-dealkylation sites (tertiary alicyclic amines) is 2. The topological polar surface area (TPSA) is 70.1 Å². The highest BCUT2D eigenvalue weighted by Gasteiger charge is 2.36. The molecule has 6 nitrogen and oxygen atoms in total. The van der Waals surface area contributed by atoms with E-state index in [4.69, 9.17) is 4.74 Å². The fourth-order valence-corrected chi connectivity index (χ4v) is 3.05. The van der Waals surface area contributed by atoms with Crippen molar-refractivity contribution in [2.24, 2.45) is 0 Å². The van der Waals surface area contributed by atoms with E-state index in [2.05, 4.69) is 0 Å².